The van der Waals surface area contributed by atoms with Gasteiger partial charge in [0, 0.05) is 23.6 Å². The van der Waals surface area contributed by atoms with Gasteiger partial charge in [-0.3, -0.25) is 4.79 Å². The largest absolute Gasteiger partial charge is 0.489 e. The summed E-state index contributed by atoms with van der Waals surface area (Å²) in [4.78, 5) is 27.8. The van der Waals surface area contributed by atoms with Crippen molar-refractivity contribution in [3.8, 4) is 5.75 Å². The summed E-state index contributed by atoms with van der Waals surface area (Å²) in [5.74, 6) is 0.0813. The third kappa shape index (κ3) is 4.35. The Hall–Kier alpha value is -2.83. The van der Waals surface area contributed by atoms with E-state index in [0.29, 0.717) is 35.2 Å². The fraction of sp³-hybridized carbons (Fsp3) is 0.217. The molecule has 1 aliphatic rings. The van der Waals surface area contributed by atoms with Gasteiger partial charge in [0.25, 0.3) is 5.91 Å². The monoisotopic (exact) mass is 441 g/mol. The normalized spacial score (nSPS) is 15.4. The number of nitrogens with zero attached hydrogens (tertiary/aromatic N) is 1. The van der Waals surface area contributed by atoms with Crippen LogP contribution in [0.5, 0.6) is 5.75 Å². The number of ether oxygens (including phenoxy) is 2. The fourth-order valence-electron chi connectivity index (χ4n) is 3.51. The highest BCUT2D eigenvalue weighted by atomic mass is 35.5. The van der Waals surface area contributed by atoms with Crippen molar-refractivity contribution in [3.05, 3.63) is 86.6 Å². The minimum absolute atomic E-state index is 0.182. The van der Waals surface area contributed by atoms with Crippen LogP contribution in [-0.2, 0) is 29.1 Å². The standard InChI is InChI=1S/C23H20ClNO4S/c1-28-23(27)20-10-16-5-2-3-6-17(16)12-25(20)22(26)21-9-15(14-30-21)13-29-19-8-4-7-18(24)11-19/h2-9,11,14,20H,10,12-13H2,1H3. The Labute approximate surface area is 183 Å². The minimum Gasteiger partial charge on any atom is -0.489 e. The molecule has 1 aliphatic heterocycles. The van der Waals surface area contributed by atoms with Crippen molar-refractivity contribution in [2.75, 3.05) is 7.11 Å². The molecule has 0 saturated carbocycles. The van der Waals surface area contributed by atoms with E-state index in [1.807, 2.05) is 47.8 Å². The van der Waals surface area contributed by atoms with Gasteiger partial charge in [-0.25, -0.2) is 4.79 Å². The van der Waals surface area contributed by atoms with Crippen LogP contribution in [0.3, 0.4) is 0 Å². The first kappa shape index (κ1) is 20.4. The predicted octanol–water partition coefficient (Wildman–Crippen LogP) is 4.72. The van der Waals surface area contributed by atoms with Crippen molar-refractivity contribution in [2.45, 2.75) is 25.6 Å². The lowest BCUT2D eigenvalue weighted by atomic mass is 9.93. The molecule has 1 amide bonds. The van der Waals surface area contributed by atoms with E-state index in [1.54, 1.807) is 17.0 Å². The number of fused-ring (bicyclic) bond motifs is 1. The summed E-state index contributed by atoms with van der Waals surface area (Å²) in [6, 6.07) is 16.2. The smallest absolute Gasteiger partial charge is 0.328 e. The molecule has 154 valence electrons. The second-order valence-corrected chi connectivity index (χ2v) is 8.36. The second kappa shape index (κ2) is 8.90. The Bertz CT molecular complexity index is 1080. The zero-order valence-corrected chi connectivity index (χ0v) is 17.9. The van der Waals surface area contributed by atoms with Gasteiger partial charge in [-0.15, -0.1) is 11.3 Å². The molecule has 0 N–H and O–H groups in total. The van der Waals surface area contributed by atoms with Crippen LogP contribution in [0.1, 0.15) is 26.4 Å². The van der Waals surface area contributed by atoms with Gasteiger partial charge < -0.3 is 14.4 Å². The highest BCUT2D eigenvalue weighted by Gasteiger charge is 2.36. The summed E-state index contributed by atoms with van der Waals surface area (Å²) in [5.41, 5.74) is 3.00. The minimum atomic E-state index is -0.634. The first-order valence-corrected chi connectivity index (χ1v) is 10.7. The molecule has 0 spiro atoms. The Morgan fingerprint density at radius 2 is 1.93 bits per heavy atom. The van der Waals surface area contributed by atoms with Crippen LogP contribution < -0.4 is 4.74 Å². The highest BCUT2D eigenvalue weighted by molar-refractivity contribution is 7.12. The summed E-state index contributed by atoms with van der Waals surface area (Å²) in [5, 5.41) is 2.50. The van der Waals surface area contributed by atoms with Gasteiger partial charge in [-0.1, -0.05) is 41.9 Å². The van der Waals surface area contributed by atoms with E-state index < -0.39 is 12.0 Å². The van der Waals surface area contributed by atoms with Crippen molar-refractivity contribution in [2.24, 2.45) is 0 Å². The number of methoxy groups -OCH3 is 1. The van der Waals surface area contributed by atoms with Gasteiger partial charge in [0.05, 0.1) is 12.0 Å². The number of hydrogen-bond donors (Lipinski definition) is 0. The number of amides is 1. The Balaban J connectivity index is 1.51. The molecule has 7 heteroatoms. The first-order chi connectivity index (χ1) is 14.5. The quantitative estimate of drug-likeness (QED) is 0.537. The van der Waals surface area contributed by atoms with E-state index in [-0.39, 0.29) is 5.91 Å². The van der Waals surface area contributed by atoms with E-state index >= 15 is 0 Å². The molecule has 2 aromatic carbocycles. The molecular formula is C23H20ClNO4S. The van der Waals surface area contributed by atoms with Crippen LogP contribution in [0.15, 0.2) is 60.0 Å². The molecule has 5 nitrogen and oxygen atoms in total. The van der Waals surface area contributed by atoms with Crippen LogP contribution in [0.4, 0.5) is 0 Å². The molecule has 2 heterocycles. The van der Waals surface area contributed by atoms with E-state index in [9.17, 15) is 9.59 Å². The van der Waals surface area contributed by atoms with Gasteiger partial charge in [0.1, 0.15) is 18.4 Å². The van der Waals surface area contributed by atoms with E-state index in [1.165, 1.54) is 18.4 Å². The highest BCUT2D eigenvalue weighted by Crippen LogP contribution is 2.28. The van der Waals surface area contributed by atoms with Crippen molar-refractivity contribution in [3.63, 3.8) is 0 Å². The summed E-state index contributed by atoms with van der Waals surface area (Å²) in [6.07, 6.45) is 0.449. The average molecular weight is 442 g/mol. The predicted molar refractivity (Wildman–Crippen MR) is 116 cm³/mol. The molecule has 1 aromatic heterocycles. The molecule has 1 unspecified atom stereocenters. The Morgan fingerprint density at radius 3 is 2.70 bits per heavy atom. The van der Waals surface area contributed by atoms with Crippen molar-refractivity contribution in [1.82, 2.24) is 4.90 Å². The van der Waals surface area contributed by atoms with Crippen molar-refractivity contribution >= 4 is 34.8 Å². The lowest BCUT2D eigenvalue weighted by Gasteiger charge is -2.34. The summed E-state index contributed by atoms with van der Waals surface area (Å²) in [6.45, 7) is 0.703. The molecular weight excluding hydrogens is 422 g/mol. The maximum atomic E-state index is 13.2. The van der Waals surface area contributed by atoms with Gasteiger partial charge >= 0.3 is 5.97 Å². The molecule has 0 aliphatic carbocycles. The number of rotatable bonds is 5. The number of carbonyl (C=O) groups is 2. The maximum absolute atomic E-state index is 13.2. The van der Waals surface area contributed by atoms with Crippen LogP contribution >= 0.6 is 22.9 Å². The SMILES string of the molecule is COC(=O)C1Cc2ccccc2CN1C(=O)c1cc(COc2cccc(Cl)c2)cs1. The summed E-state index contributed by atoms with van der Waals surface area (Å²) in [7, 11) is 1.35. The number of thiophene rings is 1. The van der Waals surface area contributed by atoms with Gasteiger partial charge in [0.15, 0.2) is 0 Å². The Kier molecular flexibility index (Phi) is 6.06. The van der Waals surface area contributed by atoms with E-state index in [2.05, 4.69) is 0 Å². The van der Waals surface area contributed by atoms with Gasteiger partial charge in [0.2, 0.25) is 0 Å². The molecule has 3 aromatic rings. The number of hydrogen-bond acceptors (Lipinski definition) is 5. The van der Waals surface area contributed by atoms with Crippen molar-refractivity contribution in [1.29, 1.82) is 0 Å². The molecule has 0 fully saturated rings. The van der Waals surface area contributed by atoms with E-state index in [4.69, 9.17) is 21.1 Å². The molecule has 4 rings (SSSR count). The zero-order valence-electron chi connectivity index (χ0n) is 16.3. The number of esters is 1. The van der Waals surface area contributed by atoms with E-state index in [0.717, 1.165) is 16.7 Å². The second-order valence-electron chi connectivity index (χ2n) is 7.01. The van der Waals surface area contributed by atoms with Crippen LogP contribution in [0.2, 0.25) is 5.02 Å². The molecule has 0 saturated heterocycles. The molecule has 1 atom stereocenters. The Morgan fingerprint density at radius 1 is 1.13 bits per heavy atom. The third-order valence-corrected chi connectivity index (χ3v) is 6.25. The lowest BCUT2D eigenvalue weighted by Crippen LogP contribution is -2.49. The topological polar surface area (TPSA) is 55.8 Å². The summed E-state index contributed by atoms with van der Waals surface area (Å²) >= 11 is 7.32. The molecule has 0 bridgehead atoms. The maximum Gasteiger partial charge on any atom is 0.328 e. The fourth-order valence-corrected chi connectivity index (χ4v) is 4.54. The van der Waals surface area contributed by atoms with Crippen LogP contribution in [-0.4, -0.2) is 29.9 Å². The van der Waals surface area contributed by atoms with Crippen LogP contribution in [0.25, 0.3) is 0 Å². The van der Waals surface area contributed by atoms with Gasteiger partial charge in [-0.2, -0.15) is 0 Å². The first-order valence-electron chi connectivity index (χ1n) is 9.46. The number of carbonyl (C=O) groups excluding carboxylic acids is 2. The third-order valence-electron chi connectivity index (χ3n) is 5.05. The average Bonchev–Trinajstić information content (AvgIpc) is 3.25. The summed E-state index contributed by atoms with van der Waals surface area (Å²) < 4.78 is 10.7. The van der Waals surface area contributed by atoms with Gasteiger partial charge in [-0.05, 0) is 40.8 Å². The number of benzene rings is 2. The lowest BCUT2D eigenvalue weighted by molar-refractivity contribution is -0.146. The van der Waals surface area contributed by atoms with Crippen molar-refractivity contribution < 1.29 is 19.1 Å². The molecule has 0 radical (unpaired) electrons. The van der Waals surface area contributed by atoms with Crippen LogP contribution in [0, 0.1) is 0 Å². The zero-order chi connectivity index (χ0) is 21.1. The molecule has 30 heavy (non-hydrogen) atoms. The number of halogens is 1.